The maximum Gasteiger partial charge on any atom is 0.322 e. The molecular formula is C17H29N7O9. The van der Waals surface area contributed by atoms with Crippen molar-refractivity contribution in [3.8, 4) is 0 Å². The molecule has 0 aromatic rings. The zero-order chi connectivity index (χ0) is 25.6. The van der Waals surface area contributed by atoms with Crippen LogP contribution in [0, 0.1) is 0 Å². The van der Waals surface area contributed by atoms with Gasteiger partial charge in [-0.05, 0) is 19.3 Å². The number of carbonyl (C=O) groups is 6. The van der Waals surface area contributed by atoms with Crippen LogP contribution in [0.25, 0.3) is 0 Å². The number of guanidine groups is 1. The average Bonchev–Trinajstić information content (AvgIpc) is 2.70. The number of amides is 3. The first kappa shape index (κ1) is 29.0. The number of carbonyl (C=O) groups excluding carboxylic acids is 3. The molecule has 0 aliphatic rings. The number of aliphatic imine (C=N–C) groups is 1. The van der Waals surface area contributed by atoms with Crippen molar-refractivity contribution < 1.29 is 44.1 Å². The van der Waals surface area contributed by atoms with Gasteiger partial charge in [-0.15, -0.1) is 0 Å². The van der Waals surface area contributed by atoms with E-state index in [9.17, 15) is 28.8 Å². The lowest BCUT2D eigenvalue weighted by Gasteiger charge is -2.23. The maximum absolute atomic E-state index is 12.7. The van der Waals surface area contributed by atoms with Gasteiger partial charge in [0.05, 0.1) is 12.5 Å². The zero-order valence-electron chi connectivity index (χ0n) is 17.7. The van der Waals surface area contributed by atoms with E-state index >= 15 is 0 Å². The molecule has 0 heterocycles. The van der Waals surface area contributed by atoms with E-state index in [4.69, 9.17) is 32.5 Å². The smallest absolute Gasteiger partial charge is 0.322 e. The fraction of sp³-hybridized carbons (Fsp3) is 0.588. The Hall–Kier alpha value is -3.95. The minimum absolute atomic E-state index is 0.0451. The van der Waals surface area contributed by atoms with Crippen molar-refractivity contribution in [2.45, 2.75) is 50.2 Å². The molecule has 0 spiro atoms. The van der Waals surface area contributed by atoms with E-state index in [0.717, 1.165) is 0 Å². The van der Waals surface area contributed by atoms with Crippen molar-refractivity contribution in [1.82, 2.24) is 16.0 Å². The third-order valence-corrected chi connectivity index (χ3v) is 4.01. The monoisotopic (exact) mass is 475 g/mol. The van der Waals surface area contributed by atoms with E-state index in [-0.39, 0.29) is 38.2 Å². The molecule has 16 heteroatoms. The summed E-state index contributed by atoms with van der Waals surface area (Å²) < 4.78 is 0. The molecular weight excluding hydrogens is 446 g/mol. The predicted octanol–water partition coefficient (Wildman–Crippen LogP) is -4.12. The quantitative estimate of drug-likeness (QED) is 0.0584. The molecule has 3 atom stereocenters. The van der Waals surface area contributed by atoms with Gasteiger partial charge in [0.15, 0.2) is 5.96 Å². The van der Waals surface area contributed by atoms with Crippen LogP contribution in [-0.4, -0.2) is 88.1 Å². The number of nitrogens with zero attached hydrogens (tertiary/aromatic N) is 1. The molecule has 0 bridgehead atoms. The Kier molecular flexibility index (Phi) is 13.2. The van der Waals surface area contributed by atoms with Gasteiger partial charge in [-0.25, -0.2) is 0 Å². The molecule has 0 aliphatic carbocycles. The lowest BCUT2D eigenvalue weighted by atomic mass is 10.1. The normalized spacial score (nSPS) is 13.0. The highest BCUT2D eigenvalue weighted by molar-refractivity contribution is 5.95. The fourth-order valence-electron chi connectivity index (χ4n) is 2.40. The minimum atomic E-state index is -1.63. The summed E-state index contributed by atoms with van der Waals surface area (Å²) in [5.74, 6) is -7.06. The third-order valence-electron chi connectivity index (χ3n) is 4.01. The molecule has 33 heavy (non-hydrogen) atoms. The molecule has 3 amide bonds. The Morgan fingerprint density at radius 1 is 0.788 bits per heavy atom. The predicted molar refractivity (Wildman–Crippen MR) is 112 cm³/mol. The molecule has 0 saturated carbocycles. The van der Waals surface area contributed by atoms with Gasteiger partial charge >= 0.3 is 17.9 Å². The summed E-state index contributed by atoms with van der Waals surface area (Å²) in [6.45, 7) is -0.716. The molecule has 0 aromatic carbocycles. The van der Waals surface area contributed by atoms with Crippen LogP contribution in [0.2, 0.25) is 0 Å². The van der Waals surface area contributed by atoms with Gasteiger partial charge in [0.2, 0.25) is 17.7 Å². The van der Waals surface area contributed by atoms with Gasteiger partial charge in [0, 0.05) is 13.0 Å². The number of nitrogens with one attached hydrogen (secondary N) is 3. The first-order chi connectivity index (χ1) is 15.3. The van der Waals surface area contributed by atoms with E-state index in [1.807, 2.05) is 5.32 Å². The van der Waals surface area contributed by atoms with E-state index in [1.165, 1.54) is 0 Å². The highest BCUT2D eigenvalue weighted by atomic mass is 16.4. The van der Waals surface area contributed by atoms with Crippen LogP contribution >= 0.6 is 0 Å². The molecule has 3 unspecified atom stereocenters. The molecule has 186 valence electrons. The van der Waals surface area contributed by atoms with Gasteiger partial charge in [-0.3, -0.25) is 33.8 Å². The second-order valence-electron chi connectivity index (χ2n) is 6.82. The van der Waals surface area contributed by atoms with Gasteiger partial charge in [-0.2, -0.15) is 0 Å². The maximum atomic E-state index is 12.7. The molecule has 0 rings (SSSR count). The van der Waals surface area contributed by atoms with Gasteiger partial charge in [0.1, 0.15) is 18.6 Å². The summed E-state index contributed by atoms with van der Waals surface area (Å²) in [5.41, 5.74) is 16.1. The Balaban J connectivity index is 5.37. The molecule has 12 N–H and O–H groups in total. The van der Waals surface area contributed by atoms with Gasteiger partial charge < -0.3 is 48.5 Å². The van der Waals surface area contributed by atoms with Crippen LogP contribution in [0.3, 0.4) is 0 Å². The number of carboxylic acid groups (broad SMARTS) is 3. The Labute approximate surface area is 187 Å². The lowest BCUT2D eigenvalue weighted by Crippen LogP contribution is -2.56. The van der Waals surface area contributed by atoms with Crippen molar-refractivity contribution in [2.24, 2.45) is 22.2 Å². The molecule has 0 radical (unpaired) electrons. The van der Waals surface area contributed by atoms with Crippen LogP contribution < -0.4 is 33.2 Å². The highest BCUT2D eigenvalue weighted by Gasteiger charge is 2.29. The summed E-state index contributed by atoms with van der Waals surface area (Å²) in [6.07, 6.45) is -1.31. The van der Waals surface area contributed by atoms with E-state index in [0.29, 0.717) is 0 Å². The van der Waals surface area contributed by atoms with Crippen molar-refractivity contribution in [3.63, 3.8) is 0 Å². The first-order valence-corrected chi connectivity index (χ1v) is 9.68. The van der Waals surface area contributed by atoms with E-state index in [1.54, 1.807) is 0 Å². The standard InChI is InChI=1S/C17H29N7O9/c18-8(3-4-11(25)26)14(31)23-9(2-1-5-21-17(19)20)16(33)24-10(6-12(27)28)15(32)22-7-13(29)30/h8-10H,1-7,18H2,(H,22,32)(H,23,31)(H,24,33)(H,25,26)(H,27,28)(H,29,30)(H4,19,20,21). The lowest BCUT2D eigenvalue weighted by molar-refractivity contribution is -0.142. The first-order valence-electron chi connectivity index (χ1n) is 9.68. The van der Waals surface area contributed by atoms with Crippen molar-refractivity contribution >= 4 is 41.6 Å². The molecule has 0 saturated heterocycles. The SMILES string of the molecule is NC(N)=NCCCC(NC(=O)C(N)CCC(=O)O)C(=O)NC(CC(=O)O)C(=O)NCC(=O)O. The average molecular weight is 475 g/mol. The zero-order valence-corrected chi connectivity index (χ0v) is 17.7. The van der Waals surface area contributed by atoms with Crippen LogP contribution in [0.5, 0.6) is 0 Å². The summed E-state index contributed by atoms with van der Waals surface area (Å²) in [4.78, 5) is 73.1. The van der Waals surface area contributed by atoms with Gasteiger partial charge in [-0.1, -0.05) is 0 Å². The van der Waals surface area contributed by atoms with Crippen LogP contribution in [0.4, 0.5) is 0 Å². The van der Waals surface area contributed by atoms with Crippen LogP contribution in [-0.2, 0) is 28.8 Å². The second-order valence-corrected chi connectivity index (χ2v) is 6.82. The summed E-state index contributed by atoms with van der Waals surface area (Å²) in [6, 6.07) is -4.18. The van der Waals surface area contributed by atoms with Gasteiger partial charge in [0.25, 0.3) is 0 Å². The number of aliphatic carboxylic acids is 3. The number of rotatable bonds is 16. The summed E-state index contributed by atoms with van der Waals surface area (Å²) >= 11 is 0. The minimum Gasteiger partial charge on any atom is -0.481 e. The highest BCUT2D eigenvalue weighted by Crippen LogP contribution is 2.04. The summed E-state index contributed by atoms with van der Waals surface area (Å²) in [7, 11) is 0. The van der Waals surface area contributed by atoms with E-state index < -0.39 is 66.7 Å². The number of carboxylic acids is 3. The fourth-order valence-corrected chi connectivity index (χ4v) is 2.40. The van der Waals surface area contributed by atoms with E-state index in [2.05, 4.69) is 15.6 Å². The number of hydrogen-bond acceptors (Lipinski definition) is 8. The largest absolute Gasteiger partial charge is 0.481 e. The third kappa shape index (κ3) is 13.9. The molecule has 0 fully saturated rings. The number of hydrogen-bond donors (Lipinski definition) is 9. The van der Waals surface area contributed by atoms with Crippen molar-refractivity contribution in [3.05, 3.63) is 0 Å². The molecule has 0 aromatic heterocycles. The van der Waals surface area contributed by atoms with Crippen LogP contribution in [0.15, 0.2) is 4.99 Å². The molecule has 0 aliphatic heterocycles. The van der Waals surface area contributed by atoms with Crippen molar-refractivity contribution in [2.75, 3.05) is 13.1 Å². The Morgan fingerprint density at radius 3 is 1.91 bits per heavy atom. The van der Waals surface area contributed by atoms with Crippen LogP contribution in [0.1, 0.15) is 32.1 Å². The second kappa shape index (κ2) is 15.0. The molecule has 16 nitrogen and oxygen atoms in total. The number of nitrogens with two attached hydrogens (primary N) is 3. The summed E-state index contributed by atoms with van der Waals surface area (Å²) in [5, 5.41) is 32.8. The van der Waals surface area contributed by atoms with Crippen molar-refractivity contribution in [1.29, 1.82) is 0 Å². The topological polar surface area (TPSA) is 290 Å². The Morgan fingerprint density at radius 2 is 1.39 bits per heavy atom. The Bertz CT molecular complexity index is 768.